The molecule has 1 aromatic carbocycles. The van der Waals surface area contributed by atoms with Crippen molar-refractivity contribution in [2.45, 2.75) is 0 Å². The number of aromatic amines is 1. The third-order valence-electron chi connectivity index (χ3n) is 2.94. The van der Waals surface area contributed by atoms with Gasteiger partial charge < -0.3 is 5.32 Å². The number of nitrogens with one attached hydrogen (secondary N) is 2. The minimum Gasteiger partial charge on any atom is -0.305 e. The molecular weight excluding hydrogens is 290 g/mol. The normalized spacial score (nSPS) is 10.5. The Balaban J connectivity index is 1.81. The Morgan fingerprint density at radius 3 is 2.68 bits per heavy atom. The van der Waals surface area contributed by atoms with Crippen molar-refractivity contribution in [3.63, 3.8) is 0 Å². The van der Waals surface area contributed by atoms with Gasteiger partial charge in [-0.25, -0.2) is 13.8 Å². The minimum absolute atomic E-state index is 0.186. The van der Waals surface area contributed by atoms with Gasteiger partial charge in [-0.05, 0) is 36.4 Å². The topological polar surface area (TPSA) is 70.7 Å². The number of rotatable bonds is 3. The van der Waals surface area contributed by atoms with E-state index in [0.29, 0.717) is 17.1 Å². The van der Waals surface area contributed by atoms with Crippen molar-refractivity contribution in [3.8, 4) is 11.3 Å². The largest absolute Gasteiger partial charge is 0.305 e. The molecule has 0 aliphatic rings. The maximum atomic E-state index is 13.2. The van der Waals surface area contributed by atoms with Crippen LogP contribution in [-0.4, -0.2) is 21.1 Å². The molecular formula is C15H10F2N4O. The van der Waals surface area contributed by atoms with Gasteiger partial charge in [-0.1, -0.05) is 6.07 Å². The standard InChI is InChI=1S/C15H10F2N4O/c16-10-5-4-9(7-11(10)17)12-8-13(21-20-12)15(22)19-14-3-1-2-6-18-14/h1-8H,(H,20,21)(H,18,19,22). The van der Waals surface area contributed by atoms with E-state index in [1.54, 1.807) is 24.4 Å². The molecule has 0 fully saturated rings. The molecule has 0 radical (unpaired) electrons. The van der Waals surface area contributed by atoms with Gasteiger partial charge in [-0.3, -0.25) is 9.89 Å². The zero-order valence-corrected chi connectivity index (χ0v) is 11.2. The number of H-pyrrole nitrogens is 1. The highest BCUT2D eigenvalue weighted by atomic mass is 19.2. The SMILES string of the molecule is O=C(Nc1ccccn1)c1cc(-c2ccc(F)c(F)c2)n[nH]1. The zero-order valence-electron chi connectivity index (χ0n) is 11.2. The van der Waals surface area contributed by atoms with Crippen molar-refractivity contribution in [2.24, 2.45) is 0 Å². The van der Waals surface area contributed by atoms with Gasteiger partial charge in [-0.2, -0.15) is 5.10 Å². The van der Waals surface area contributed by atoms with Crippen LogP contribution in [0.25, 0.3) is 11.3 Å². The van der Waals surface area contributed by atoms with Crippen molar-refractivity contribution in [1.82, 2.24) is 15.2 Å². The second kappa shape index (κ2) is 5.72. The van der Waals surface area contributed by atoms with E-state index < -0.39 is 17.5 Å². The number of hydrogen-bond acceptors (Lipinski definition) is 3. The number of hydrogen-bond donors (Lipinski definition) is 2. The summed E-state index contributed by atoms with van der Waals surface area (Å²) in [5.41, 5.74) is 0.891. The zero-order chi connectivity index (χ0) is 15.5. The van der Waals surface area contributed by atoms with Crippen LogP contribution in [0.15, 0.2) is 48.7 Å². The molecule has 2 heterocycles. The first-order valence-corrected chi connectivity index (χ1v) is 6.37. The van der Waals surface area contributed by atoms with E-state index in [9.17, 15) is 13.6 Å². The Labute approximate surface area is 124 Å². The smallest absolute Gasteiger partial charge is 0.274 e. The highest BCUT2D eigenvalue weighted by molar-refractivity contribution is 6.02. The van der Waals surface area contributed by atoms with E-state index in [4.69, 9.17) is 0 Å². The first kappa shape index (κ1) is 13.9. The lowest BCUT2D eigenvalue weighted by Gasteiger charge is -2.00. The summed E-state index contributed by atoms with van der Waals surface area (Å²) in [7, 11) is 0. The van der Waals surface area contributed by atoms with Crippen LogP contribution in [0.1, 0.15) is 10.5 Å². The molecule has 0 bridgehead atoms. The highest BCUT2D eigenvalue weighted by Crippen LogP contribution is 2.20. The Bertz CT molecular complexity index is 817. The molecule has 7 heteroatoms. The minimum atomic E-state index is -0.972. The molecule has 0 saturated carbocycles. The van der Waals surface area contributed by atoms with E-state index in [1.165, 1.54) is 12.1 Å². The molecule has 0 aliphatic carbocycles. The Kier molecular flexibility index (Phi) is 3.61. The number of halogens is 2. The first-order chi connectivity index (χ1) is 10.6. The number of anilines is 1. The van der Waals surface area contributed by atoms with E-state index in [0.717, 1.165) is 12.1 Å². The number of benzene rings is 1. The number of carbonyl (C=O) groups is 1. The molecule has 3 aromatic rings. The molecule has 3 rings (SSSR count). The molecule has 110 valence electrons. The number of nitrogens with zero attached hydrogens (tertiary/aromatic N) is 2. The van der Waals surface area contributed by atoms with Crippen LogP contribution in [0, 0.1) is 11.6 Å². The van der Waals surface area contributed by atoms with Crippen molar-refractivity contribution in [1.29, 1.82) is 0 Å². The fraction of sp³-hybridized carbons (Fsp3) is 0. The molecule has 1 amide bonds. The van der Waals surface area contributed by atoms with Gasteiger partial charge in [0.15, 0.2) is 11.6 Å². The third-order valence-corrected chi connectivity index (χ3v) is 2.94. The average molecular weight is 300 g/mol. The van der Waals surface area contributed by atoms with Gasteiger partial charge in [0.2, 0.25) is 0 Å². The van der Waals surface area contributed by atoms with Crippen molar-refractivity contribution < 1.29 is 13.6 Å². The summed E-state index contributed by atoms with van der Waals surface area (Å²) in [6.45, 7) is 0. The second-order valence-corrected chi connectivity index (χ2v) is 4.46. The summed E-state index contributed by atoms with van der Waals surface area (Å²) in [6, 6.07) is 9.97. The molecule has 5 nitrogen and oxygen atoms in total. The van der Waals surface area contributed by atoms with Gasteiger partial charge >= 0.3 is 0 Å². The average Bonchev–Trinajstić information content (AvgIpc) is 3.01. The molecule has 2 N–H and O–H groups in total. The maximum Gasteiger partial charge on any atom is 0.274 e. The lowest BCUT2D eigenvalue weighted by molar-refractivity contribution is 0.102. The molecule has 0 saturated heterocycles. The van der Waals surface area contributed by atoms with E-state index in [1.807, 2.05) is 0 Å². The number of pyridine rings is 1. The molecule has 2 aromatic heterocycles. The van der Waals surface area contributed by atoms with Crippen LogP contribution in [0.2, 0.25) is 0 Å². The fourth-order valence-electron chi connectivity index (χ4n) is 1.86. The van der Waals surface area contributed by atoms with Crippen LogP contribution >= 0.6 is 0 Å². The summed E-state index contributed by atoms with van der Waals surface area (Å²) < 4.78 is 26.1. The molecule has 0 unspecified atom stereocenters. The Morgan fingerprint density at radius 2 is 1.95 bits per heavy atom. The summed E-state index contributed by atoms with van der Waals surface area (Å²) in [5, 5.41) is 9.06. The molecule has 0 atom stereocenters. The van der Waals surface area contributed by atoms with Crippen LogP contribution < -0.4 is 5.32 Å². The number of amides is 1. The van der Waals surface area contributed by atoms with Crippen LogP contribution in [0.4, 0.5) is 14.6 Å². The molecule has 0 spiro atoms. The summed E-state index contributed by atoms with van der Waals surface area (Å²) >= 11 is 0. The van der Waals surface area contributed by atoms with Gasteiger partial charge in [0, 0.05) is 11.8 Å². The highest BCUT2D eigenvalue weighted by Gasteiger charge is 2.13. The summed E-state index contributed by atoms with van der Waals surface area (Å²) in [4.78, 5) is 16.0. The van der Waals surface area contributed by atoms with E-state index in [2.05, 4.69) is 20.5 Å². The summed E-state index contributed by atoms with van der Waals surface area (Å²) in [5.74, 6) is -1.94. The third kappa shape index (κ3) is 2.83. The van der Waals surface area contributed by atoms with Gasteiger partial charge in [0.1, 0.15) is 11.5 Å². The van der Waals surface area contributed by atoms with Crippen molar-refractivity contribution in [3.05, 3.63) is 66.0 Å². The van der Waals surface area contributed by atoms with E-state index in [-0.39, 0.29) is 5.69 Å². The van der Waals surface area contributed by atoms with E-state index >= 15 is 0 Å². The van der Waals surface area contributed by atoms with Crippen LogP contribution in [-0.2, 0) is 0 Å². The summed E-state index contributed by atoms with van der Waals surface area (Å²) in [6.07, 6.45) is 1.55. The Hall–Kier alpha value is -3.09. The number of aromatic nitrogens is 3. The van der Waals surface area contributed by atoms with Crippen molar-refractivity contribution >= 4 is 11.7 Å². The molecule has 22 heavy (non-hydrogen) atoms. The first-order valence-electron chi connectivity index (χ1n) is 6.37. The van der Waals surface area contributed by atoms with Gasteiger partial charge in [0.05, 0.1) is 5.69 Å². The quantitative estimate of drug-likeness (QED) is 0.781. The predicted molar refractivity (Wildman–Crippen MR) is 76.1 cm³/mol. The van der Waals surface area contributed by atoms with Gasteiger partial charge in [0.25, 0.3) is 5.91 Å². The maximum absolute atomic E-state index is 13.2. The lowest BCUT2D eigenvalue weighted by atomic mass is 10.1. The van der Waals surface area contributed by atoms with Crippen molar-refractivity contribution in [2.75, 3.05) is 5.32 Å². The predicted octanol–water partition coefficient (Wildman–Crippen LogP) is 3.00. The van der Waals surface area contributed by atoms with Crippen LogP contribution in [0.5, 0.6) is 0 Å². The molecule has 0 aliphatic heterocycles. The second-order valence-electron chi connectivity index (χ2n) is 4.46. The Morgan fingerprint density at radius 1 is 1.09 bits per heavy atom. The fourth-order valence-corrected chi connectivity index (χ4v) is 1.86. The number of carbonyl (C=O) groups excluding carboxylic acids is 1. The monoisotopic (exact) mass is 300 g/mol. The van der Waals surface area contributed by atoms with Crippen LogP contribution in [0.3, 0.4) is 0 Å². The lowest BCUT2D eigenvalue weighted by Crippen LogP contribution is -2.13. The van der Waals surface area contributed by atoms with Gasteiger partial charge in [-0.15, -0.1) is 0 Å².